The lowest BCUT2D eigenvalue weighted by Crippen LogP contribution is -2.48. The summed E-state index contributed by atoms with van der Waals surface area (Å²) in [7, 11) is 5.80. The Morgan fingerprint density at radius 3 is 2.44 bits per heavy atom. The van der Waals surface area contributed by atoms with Crippen LogP contribution < -0.4 is 10.6 Å². The number of rotatable bonds is 5. The molecule has 0 saturated heterocycles. The van der Waals surface area contributed by atoms with Crippen LogP contribution in [0.25, 0.3) is 0 Å². The maximum absolute atomic E-state index is 12.1. The van der Waals surface area contributed by atoms with E-state index in [-0.39, 0.29) is 5.91 Å². The van der Waals surface area contributed by atoms with Gasteiger partial charge in [0.25, 0.3) is 0 Å². The predicted octanol–water partition coefficient (Wildman–Crippen LogP) is 1.68. The van der Waals surface area contributed by atoms with Crippen LogP contribution in [-0.2, 0) is 11.3 Å². The van der Waals surface area contributed by atoms with Gasteiger partial charge in [-0.05, 0) is 46.6 Å². The SMILES string of the molecule is CNC(C)(C)C(=O)Nc1ccccc1CN(C)C. The number of benzene rings is 1. The summed E-state index contributed by atoms with van der Waals surface area (Å²) < 4.78 is 0. The number of para-hydroxylation sites is 1. The van der Waals surface area contributed by atoms with Crippen LogP contribution in [0.5, 0.6) is 0 Å². The van der Waals surface area contributed by atoms with Gasteiger partial charge in [-0.2, -0.15) is 0 Å². The summed E-state index contributed by atoms with van der Waals surface area (Å²) in [4.78, 5) is 14.2. The highest BCUT2D eigenvalue weighted by molar-refractivity contribution is 5.98. The number of hydrogen-bond acceptors (Lipinski definition) is 3. The van der Waals surface area contributed by atoms with Crippen LogP contribution in [0.3, 0.4) is 0 Å². The monoisotopic (exact) mass is 249 g/mol. The Bertz CT molecular complexity index is 413. The molecule has 0 aromatic heterocycles. The fraction of sp³-hybridized carbons (Fsp3) is 0.500. The normalized spacial score (nSPS) is 11.7. The topological polar surface area (TPSA) is 44.4 Å². The molecule has 1 aromatic carbocycles. The molecule has 0 radical (unpaired) electrons. The average Bonchev–Trinajstić information content (AvgIpc) is 2.31. The van der Waals surface area contributed by atoms with Gasteiger partial charge in [-0.25, -0.2) is 0 Å². The third-order valence-corrected chi connectivity index (χ3v) is 2.94. The van der Waals surface area contributed by atoms with Gasteiger partial charge < -0.3 is 15.5 Å². The zero-order valence-corrected chi connectivity index (χ0v) is 11.9. The molecule has 1 rings (SSSR count). The van der Waals surface area contributed by atoms with Gasteiger partial charge in [-0.3, -0.25) is 4.79 Å². The van der Waals surface area contributed by atoms with Crippen LogP contribution in [0.4, 0.5) is 5.69 Å². The molecule has 0 aliphatic heterocycles. The second-order valence-electron chi connectivity index (χ2n) is 5.22. The number of carbonyl (C=O) groups excluding carboxylic acids is 1. The number of carbonyl (C=O) groups is 1. The van der Waals surface area contributed by atoms with E-state index >= 15 is 0 Å². The Hall–Kier alpha value is -1.39. The third-order valence-electron chi connectivity index (χ3n) is 2.94. The molecule has 1 amide bonds. The van der Waals surface area contributed by atoms with Crippen molar-refractivity contribution in [2.45, 2.75) is 25.9 Å². The van der Waals surface area contributed by atoms with Crippen molar-refractivity contribution in [3.63, 3.8) is 0 Å². The van der Waals surface area contributed by atoms with Crippen LogP contribution in [0, 0.1) is 0 Å². The molecule has 0 unspecified atom stereocenters. The van der Waals surface area contributed by atoms with Gasteiger partial charge in [0.15, 0.2) is 0 Å². The summed E-state index contributed by atoms with van der Waals surface area (Å²) in [6, 6.07) is 7.88. The summed E-state index contributed by atoms with van der Waals surface area (Å²) in [5.74, 6) is -0.0313. The highest BCUT2D eigenvalue weighted by Crippen LogP contribution is 2.18. The smallest absolute Gasteiger partial charge is 0.244 e. The van der Waals surface area contributed by atoms with Crippen molar-refractivity contribution in [2.24, 2.45) is 0 Å². The average molecular weight is 249 g/mol. The lowest BCUT2D eigenvalue weighted by atomic mass is 10.0. The Kier molecular flexibility index (Phi) is 4.87. The number of anilines is 1. The van der Waals surface area contributed by atoms with Gasteiger partial charge in [-0.15, -0.1) is 0 Å². The van der Waals surface area contributed by atoms with Crippen molar-refractivity contribution < 1.29 is 4.79 Å². The summed E-state index contributed by atoms with van der Waals surface area (Å²) in [5.41, 5.74) is 1.41. The predicted molar refractivity (Wildman–Crippen MR) is 75.6 cm³/mol. The summed E-state index contributed by atoms with van der Waals surface area (Å²) in [6.45, 7) is 4.52. The van der Waals surface area contributed by atoms with Gasteiger partial charge >= 0.3 is 0 Å². The Morgan fingerprint density at radius 2 is 1.89 bits per heavy atom. The highest BCUT2D eigenvalue weighted by atomic mass is 16.2. The molecule has 2 N–H and O–H groups in total. The van der Waals surface area contributed by atoms with Gasteiger partial charge in [0.05, 0.1) is 5.54 Å². The minimum atomic E-state index is -0.578. The van der Waals surface area contributed by atoms with Crippen molar-refractivity contribution in [3.8, 4) is 0 Å². The van der Waals surface area contributed by atoms with Crippen LogP contribution in [-0.4, -0.2) is 37.5 Å². The van der Waals surface area contributed by atoms with E-state index in [9.17, 15) is 4.79 Å². The third kappa shape index (κ3) is 3.82. The highest BCUT2D eigenvalue weighted by Gasteiger charge is 2.25. The van der Waals surface area contributed by atoms with Crippen LogP contribution in [0.15, 0.2) is 24.3 Å². The lowest BCUT2D eigenvalue weighted by molar-refractivity contribution is -0.121. The zero-order chi connectivity index (χ0) is 13.8. The Labute approximate surface area is 109 Å². The fourth-order valence-electron chi connectivity index (χ4n) is 1.51. The summed E-state index contributed by atoms with van der Waals surface area (Å²) in [5, 5.41) is 5.98. The quantitative estimate of drug-likeness (QED) is 0.834. The molecule has 4 heteroatoms. The number of hydrogen-bond donors (Lipinski definition) is 2. The number of nitrogens with one attached hydrogen (secondary N) is 2. The summed E-state index contributed by atoms with van der Waals surface area (Å²) >= 11 is 0. The largest absolute Gasteiger partial charge is 0.324 e. The van der Waals surface area contributed by atoms with Crippen LogP contribution in [0.1, 0.15) is 19.4 Å². The minimum absolute atomic E-state index is 0.0313. The number of nitrogens with zero attached hydrogens (tertiary/aromatic N) is 1. The maximum atomic E-state index is 12.1. The van der Waals surface area contributed by atoms with Crippen molar-refractivity contribution in [2.75, 3.05) is 26.5 Å². The Balaban J connectivity index is 2.87. The van der Waals surface area contributed by atoms with E-state index in [1.165, 1.54) is 0 Å². The van der Waals surface area contributed by atoms with Crippen molar-refractivity contribution in [3.05, 3.63) is 29.8 Å². The van der Waals surface area contributed by atoms with Gasteiger partial charge in [0, 0.05) is 12.2 Å². The molecule has 0 bridgehead atoms. The van der Waals surface area contributed by atoms with Gasteiger partial charge in [0.2, 0.25) is 5.91 Å². The number of amides is 1. The minimum Gasteiger partial charge on any atom is -0.324 e. The molecule has 0 saturated carbocycles. The van der Waals surface area contributed by atoms with Crippen LogP contribution in [0.2, 0.25) is 0 Å². The second-order valence-corrected chi connectivity index (χ2v) is 5.22. The molecular weight excluding hydrogens is 226 g/mol. The molecule has 0 aliphatic carbocycles. The first-order valence-corrected chi connectivity index (χ1v) is 6.10. The fourth-order valence-corrected chi connectivity index (χ4v) is 1.51. The van der Waals surface area contributed by atoms with E-state index in [0.29, 0.717) is 0 Å². The molecule has 0 fully saturated rings. The van der Waals surface area contributed by atoms with Crippen molar-refractivity contribution >= 4 is 11.6 Å². The van der Waals surface area contributed by atoms with Crippen molar-refractivity contribution in [1.82, 2.24) is 10.2 Å². The molecule has 0 aliphatic rings. The molecular formula is C14H23N3O. The summed E-state index contributed by atoms with van der Waals surface area (Å²) in [6.07, 6.45) is 0. The lowest BCUT2D eigenvalue weighted by Gasteiger charge is -2.24. The number of likely N-dealkylation sites (N-methyl/N-ethyl adjacent to an activating group) is 1. The first-order chi connectivity index (χ1) is 8.36. The van der Waals surface area contributed by atoms with E-state index in [2.05, 4.69) is 15.5 Å². The van der Waals surface area contributed by atoms with E-state index in [0.717, 1.165) is 17.8 Å². The van der Waals surface area contributed by atoms with Gasteiger partial charge in [-0.1, -0.05) is 18.2 Å². The molecule has 1 aromatic rings. The standard InChI is InChI=1S/C14H23N3O/c1-14(2,15-3)13(18)16-12-9-7-6-8-11(12)10-17(4)5/h6-9,15H,10H2,1-5H3,(H,16,18). The molecule has 0 heterocycles. The van der Waals surface area contributed by atoms with E-state index in [1.54, 1.807) is 7.05 Å². The molecule has 0 atom stereocenters. The van der Waals surface area contributed by atoms with E-state index < -0.39 is 5.54 Å². The first-order valence-electron chi connectivity index (χ1n) is 6.10. The molecule has 100 valence electrons. The maximum Gasteiger partial charge on any atom is 0.244 e. The van der Waals surface area contributed by atoms with Crippen LogP contribution >= 0.6 is 0 Å². The first kappa shape index (κ1) is 14.7. The Morgan fingerprint density at radius 1 is 1.28 bits per heavy atom. The zero-order valence-electron chi connectivity index (χ0n) is 11.9. The molecule has 0 spiro atoms. The van der Waals surface area contributed by atoms with E-state index in [4.69, 9.17) is 0 Å². The van der Waals surface area contributed by atoms with E-state index in [1.807, 2.05) is 52.2 Å². The molecule has 18 heavy (non-hydrogen) atoms. The van der Waals surface area contributed by atoms with Crippen molar-refractivity contribution in [1.29, 1.82) is 0 Å². The second kappa shape index (κ2) is 5.98. The van der Waals surface area contributed by atoms with Gasteiger partial charge in [0.1, 0.15) is 0 Å². The molecule has 4 nitrogen and oxygen atoms in total.